The van der Waals surface area contributed by atoms with Crippen LogP contribution in [-0.2, 0) is 67.2 Å². The molecule has 0 aromatic carbocycles. The molecule has 6 aromatic heterocycles. The van der Waals surface area contributed by atoms with Crippen molar-refractivity contribution in [3.63, 3.8) is 0 Å². The van der Waals surface area contributed by atoms with E-state index in [1.165, 1.54) is 73.7 Å². The topological polar surface area (TPSA) is 500 Å². The minimum Gasteiger partial charge on any atom is -0.505 e. The number of Topliss-reactive ketones (excluding diaryl/α,β-unsaturated/α-hetero) is 3. The fourth-order valence-corrected chi connectivity index (χ4v) is 14.2. The molecule has 9 heterocycles. The highest BCUT2D eigenvalue weighted by molar-refractivity contribution is 6.01. The number of nitrogens with one attached hydrogen (secondary N) is 7. The number of carbonyl (C=O) groups is 12. The molecule has 33 heteroatoms. The number of amides is 8. The van der Waals surface area contributed by atoms with Gasteiger partial charge in [-0.25, -0.2) is 15.0 Å². The maximum Gasteiger partial charge on any atom is 0.312 e. The number of cyclic esters (lactones) is 1. The zero-order valence-corrected chi connectivity index (χ0v) is 68.7. The zero-order chi connectivity index (χ0) is 86.9. The molecule has 18 atom stereocenters. The van der Waals surface area contributed by atoms with Gasteiger partial charge in [0.15, 0.2) is 40.5 Å². The van der Waals surface area contributed by atoms with E-state index < -0.39 is 167 Å². The second-order valence-corrected chi connectivity index (χ2v) is 32.1. The monoisotopic (exact) mass is 1630 g/mol. The van der Waals surface area contributed by atoms with Crippen molar-refractivity contribution < 1.29 is 92.9 Å². The predicted octanol–water partition coefficient (Wildman–Crippen LogP) is 4.20. The Morgan fingerprint density at radius 1 is 0.441 bits per heavy atom. The number of rotatable bonds is 18. The third-order valence-corrected chi connectivity index (χ3v) is 21.1. The van der Waals surface area contributed by atoms with Gasteiger partial charge in [-0.15, -0.1) is 0 Å². The van der Waals surface area contributed by atoms with Gasteiger partial charge in [0.25, 0.3) is 17.7 Å². The van der Waals surface area contributed by atoms with Gasteiger partial charge in [0.1, 0.15) is 35.4 Å². The maximum atomic E-state index is 13.7. The number of pyridine rings is 6. The molecule has 0 aliphatic carbocycles. The minimum absolute atomic E-state index is 0.0273. The number of nitrogens with zero attached hydrogens (tertiary/aromatic N) is 7. The first-order valence-corrected chi connectivity index (χ1v) is 39.7. The fraction of sp³-hybridized carbons (Fsp3) is 0.506. The van der Waals surface area contributed by atoms with Crippen molar-refractivity contribution >= 4 is 70.6 Å². The summed E-state index contributed by atoms with van der Waals surface area (Å²) in [4.78, 5) is 185. The van der Waals surface area contributed by atoms with E-state index in [4.69, 9.17) is 4.74 Å². The largest absolute Gasteiger partial charge is 0.505 e. The molecule has 3 fully saturated rings. The number of likely N-dealkylation sites (N-methyl/N-ethyl adjacent to an activating group) is 1. The molecule has 3 aliphatic heterocycles. The minimum atomic E-state index is -1.37. The number of aliphatic hydroxyl groups excluding tert-OH is 3. The quantitative estimate of drug-likeness (QED) is 0.0536. The molecule has 0 radical (unpaired) electrons. The second kappa shape index (κ2) is 44.1. The molecule has 13 N–H and O–H groups in total. The molecule has 0 saturated carbocycles. The number of ether oxygens (including phenoxy) is 1. The van der Waals surface area contributed by atoms with Crippen molar-refractivity contribution in [2.75, 3.05) is 7.05 Å². The third kappa shape index (κ3) is 26.5. The summed E-state index contributed by atoms with van der Waals surface area (Å²) >= 11 is 0. The Labute approximate surface area is 686 Å². The van der Waals surface area contributed by atoms with E-state index in [0.29, 0.717) is 18.4 Å². The van der Waals surface area contributed by atoms with Gasteiger partial charge in [-0.1, -0.05) is 94.4 Å². The van der Waals surface area contributed by atoms with Crippen LogP contribution in [0.4, 0.5) is 0 Å². The Morgan fingerprint density at radius 2 is 0.780 bits per heavy atom. The average Bonchev–Trinajstić information content (AvgIpc) is 0.825. The number of aromatic hydroxyl groups is 3. The van der Waals surface area contributed by atoms with E-state index in [1.54, 1.807) is 108 Å². The molecule has 636 valence electrons. The summed E-state index contributed by atoms with van der Waals surface area (Å²) in [6.45, 7) is 21.0. The van der Waals surface area contributed by atoms with Crippen LogP contribution in [0.25, 0.3) is 0 Å². The highest BCUT2D eigenvalue weighted by Crippen LogP contribution is 2.29. The average molecular weight is 1630 g/mol. The van der Waals surface area contributed by atoms with E-state index in [9.17, 15) is 88.2 Å². The van der Waals surface area contributed by atoms with Crippen molar-refractivity contribution in [3.8, 4) is 17.2 Å². The van der Waals surface area contributed by atoms with Gasteiger partial charge in [0.2, 0.25) is 29.5 Å². The Kier molecular flexibility index (Phi) is 35.0. The zero-order valence-electron chi connectivity index (χ0n) is 68.7. The van der Waals surface area contributed by atoms with Crippen molar-refractivity contribution in [2.24, 2.45) is 53.3 Å². The van der Waals surface area contributed by atoms with E-state index in [-0.39, 0.29) is 109 Å². The van der Waals surface area contributed by atoms with Crippen molar-refractivity contribution in [1.29, 1.82) is 0 Å². The van der Waals surface area contributed by atoms with Crippen LogP contribution in [0.5, 0.6) is 17.2 Å². The summed E-state index contributed by atoms with van der Waals surface area (Å²) < 4.78 is 5.60. The van der Waals surface area contributed by atoms with Gasteiger partial charge >= 0.3 is 5.97 Å². The standard InChI is InChI=1S/C29H39N5O6.C28H37N5O6.C28H36N4O7/c1-16(2)12-21-23(36)13-17(3)24(33-28(39)25-22(35)9-7-11-31-25)27(38)32-20(14-19-8-6-10-30-15-19)26(37)18(4)29(40)34(21)5;1-15(2)11-19-22(35)12-16(3)23(33-28(39)24-21(34)8-6-10-30-24)27(38)32-20(13-18-7-5-9-29-14-18)25(36)17(4)26(37)31-19;1-15(2)11-22-21(34)12-16(3)23(32-27(37)24-20(33)8-6-10-30-24)26(36)31-19(13-18-7-5-9-29-14-18)25(35)17(4)28(38)39-22/h6-11,15-18,20-21,24,26,35,37H,12-14H2,1-5H3,(H,32,38)(H,33,39);5-10,14-17,19-20,23,25,34,36H,11-13H2,1-4H3,(H,31,37)(H,32,38)(H,33,39);5-10,14-17,19,22-23,25,33,35H,11-13H2,1-4H3,(H,31,36)(H,32,37)/t17-,18+,20-,21?,24-,26-;16-,17+,19?,20-,23-,25-;16-,17+,19-,22?,23-,25-/m000/s1. The van der Waals surface area contributed by atoms with Gasteiger partial charge in [0.05, 0.1) is 66.3 Å². The Morgan fingerprint density at radius 3 is 1.13 bits per heavy atom. The summed E-state index contributed by atoms with van der Waals surface area (Å²) in [5.41, 5.74) is 1.36. The maximum absolute atomic E-state index is 13.7. The van der Waals surface area contributed by atoms with Crippen LogP contribution in [0, 0.1) is 53.3 Å². The molecule has 3 saturated heterocycles. The normalized spacial score (nSPS) is 26.6. The van der Waals surface area contributed by atoms with Gasteiger partial charge in [-0.3, -0.25) is 72.5 Å². The molecule has 9 rings (SSSR count). The number of aliphatic hydroxyl groups is 3. The van der Waals surface area contributed by atoms with Crippen LogP contribution in [0.3, 0.4) is 0 Å². The van der Waals surface area contributed by atoms with Crippen LogP contribution in [0.1, 0.15) is 170 Å². The number of carbonyl (C=O) groups excluding carboxylic acids is 12. The van der Waals surface area contributed by atoms with E-state index in [2.05, 4.69) is 67.1 Å². The Balaban J connectivity index is 0.000000244. The molecular formula is C85H112N14O19. The summed E-state index contributed by atoms with van der Waals surface area (Å²) in [6, 6.07) is 10.9. The molecule has 3 unspecified atom stereocenters. The molecule has 8 amide bonds. The van der Waals surface area contributed by atoms with Gasteiger partial charge < -0.3 is 77.5 Å². The van der Waals surface area contributed by atoms with Crippen molar-refractivity contribution in [3.05, 3.63) is 162 Å². The lowest BCUT2D eigenvalue weighted by Crippen LogP contribution is -2.59. The van der Waals surface area contributed by atoms with Gasteiger partial charge in [-0.2, -0.15) is 0 Å². The fourth-order valence-electron chi connectivity index (χ4n) is 14.2. The van der Waals surface area contributed by atoms with Gasteiger partial charge in [0, 0.05) is 82.1 Å². The molecule has 6 aromatic rings. The first-order valence-electron chi connectivity index (χ1n) is 39.7. The summed E-state index contributed by atoms with van der Waals surface area (Å²) in [5.74, 6) is -12.8. The molecule has 3 aliphatic rings. The highest BCUT2D eigenvalue weighted by atomic mass is 16.5. The molecule has 0 bridgehead atoms. The smallest absolute Gasteiger partial charge is 0.312 e. The lowest BCUT2D eigenvalue weighted by molar-refractivity contribution is -0.164. The van der Waals surface area contributed by atoms with Crippen molar-refractivity contribution in [2.45, 2.75) is 214 Å². The van der Waals surface area contributed by atoms with Crippen LogP contribution >= 0.6 is 0 Å². The third-order valence-electron chi connectivity index (χ3n) is 21.1. The lowest BCUT2D eigenvalue weighted by Gasteiger charge is -2.37. The van der Waals surface area contributed by atoms with Crippen LogP contribution < -0.4 is 37.2 Å². The summed E-state index contributed by atoms with van der Waals surface area (Å²) in [6.07, 6.45) is 9.71. The highest BCUT2D eigenvalue weighted by Gasteiger charge is 2.44. The molecular weight excluding hydrogens is 1520 g/mol. The molecule has 0 spiro atoms. The number of hydrogen-bond acceptors (Lipinski definition) is 25. The number of esters is 1. The lowest BCUT2D eigenvalue weighted by atomic mass is 9.86. The summed E-state index contributed by atoms with van der Waals surface area (Å²) in [5, 5.41) is 83.1. The summed E-state index contributed by atoms with van der Waals surface area (Å²) in [7, 11) is 1.56. The van der Waals surface area contributed by atoms with Crippen LogP contribution in [0.15, 0.2) is 129 Å². The Bertz CT molecular complexity index is 4250. The van der Waals surface area contributed by atoms with E-state index >= 15 is 0 Å². The van der Waals surface area contributed by atoms with E-state index in [0.717, 1.165) is 11.1 Å². The van der Waals surface area contributed by atoms with Crippen molar-refractivity contribution in [1.82, 2.24) is 72.0 Å². The van der Waals surface area contributed by atoms with Crippen LogP contribution in [-0.4, -0.2) is 216 Å². The number of aromatic nitrogens is 6. The van der Waals surface area contributed by atoms with Gasteiger partial charge in [-0.05, 0) is 152 Å². The first-order chi connectivity index (χ1) is 55.8. The molecule has 118 heavy (non-hydrogen) atoms. The van der Waals surface area contributed by atoms with Crippen LogP contribution in [0.2, 0.25) is 0 Å². The first kappa shape index (κ1) is 93.6. The molecule has 33 nitrogen and oxygen atoms in total. The SMILES string of the molecule is CC(C)CC1C(=O)C[C@H](C)[C@H](NC(=O)c2ncccc2O)C(=O)N[C@@H](Cc2cccnc2)[C@@H](O)[C@@H](C)C(=O)N1C.CC(C)CC1NC(=O)[C@H](C)[C@H](O)[C@H](Cc2cccnc2)NC(=O)[C@@H](NC(=O)c2ncccc2O)[C@@H](C)CC1=O.CC(C)CC1OC(=O)[C@H](C)[C@H](O)[C@H](Cc2cccnc2)NC(=O)[C@@H](NC(=O)c2ncccc2O)[C@@H](C)CC1=O. The second-order valence-electron chi connectivity index (χ2n) is 32.1. The van der Waals surface area contributed by atoms with E-state index in [1.807, 2.05) is 41.5 Å². The predicted molar refractivity (Wildman–Crippen MR) is 430 cm³/mol. The Hall–Kier alpha value is -11.6. The number of hydrogen-bond donors (Lipinski definition) is 13. The number of ketones is 3.